The van der Waals surface area contributed by atoms with Crippen LogP contribution in [0.3, 0.4) is 0 Å². The van der Waals surface area contributed by atoms with Crippen LogP contribution in [0.25, 0.3) is 0 Å². The van der Waals surface area contributed by atoms with Gasteiger partial charge in [-0.3, -0.25) is 0 Å². The van der Waals surface area contributed by atoms with Crippen molar-refractivity contribution in [2.75, 3.05) is 6.61 Å². The molecule has 1 aromatic rings. The molecule has 78 valence electrons. The predicted molar refractivity (Wildman–Crippen MR) is 57.9 cm³/mol. The molecule has 0 radical (unpaired) electrons. The first kappa shape index (κ1) is 11.3. The summed E-state index contributed by atoms with van der Waals surface area (Å²) >= 11 is 5.98. The average molecular weight is 215 g/mol. The van der Waals surface area contributed by atoms with Crippen LogP contribution in [0.4, 0.5) is 0 Å². The van der Waals surface area contributed by atoms with E-state index in [1.807, 2.05) is 31.2 Å². The van der Waals surface area contributed by atoms with Gasteiger partial charge in [0.1, 0.15) is 5.75 Å². The van der Waals surface area contributed by atoms with E-state index in [2.05, 4.69) is 0 Å². The maximum Gasteiger partial charge on any atom is 0.119 e. The average Bonchev–Trinajstić information content (AvgIpc) is 2.18. The van der Waals surface area contributed by atoms with Crippen molar-refractivity contribution in [1.29, 1.82) is 0 Å². The van der Waals surface area contributed by atoms with Crippen LogP contribution in [0.1, 0.15) is 24.8 Å². The molecule has 0 aromatic heterocycles. The number of halogens is 1. The molecule has 1 aromatic carbocycles. The Bertz CT molecular complexity index is 269. The van der Waals surface area contributed by atoms with Gasteiger partial charge in [-0.15, -0.1) is 11.6 Å². The quantitative estimate of drug-likeness (QED) is 0.781. The van der Waals surface area contributed by atoms with Gasteiger partial charge in [0.2, 0.25) is 0 Å². The summed E-state index contributed by atoms with van der Waals surface area (Å²) < 4.78 is 5.30. The Labute approximate surface area is 89.5 Å². The number of ether oxygens (including phenoxy) is 1. The Balaban J connectivity index is 2.72. The monoisotopic (exact) mass is 214 g/mol. The van der Waals surface area contributed by atoms with E-state index >= 15 is 0 Å². The third-order valence-corrected chi connectivity index (χ3v) is 2.55. The van der Waals surface area contributed by atoms with Gasteiger partial charge in [0.25, 0.3) is 0 Å². The lowest BCUT2D eigenvalue weighted by molar-refractivity contribution is 0.189. The van der Waals surface area contributed by atoms with E-state index in [-0.39, 0.29) is 5.38 Å². The van der Waals surface area contributed by atoms with E-state index in [0.29, 0.717) is 6.61 Å². The number of aliphatic hydroxyl groups excluding tert-OH is 1. The number of hydrogen-bond acceptors (Lipinski definition) is 2. The number of rotatable bonds is 4. The molecule has 3 heteroatoms. The van der Waals surface area contributed by atoms with Crippen molar-refractivity contribution in [2.45, 2.75) is 25.3 Å². The zero-order chi connectivity index (χ0) is 10.6. The Kier molecular flexibility index (Phi) is 4.23. The highest BCUT2D eigenvalue weighted by Crippen LogP contribution is 2.25. The molecule has 14 heavy (non-hydrogen) atoms. The standard InChI is InChI=1S/C11H15ClO2/c1-3-14-10-6-4-9(5-7-10)11(12)8(2)13/h4-8,11,13H,3H2,1-2H3. The molecule has 0 amide bonds. The maximum atomic E-state index is 9.28. The SMILES string of the molecule is CCOc1ccc(C(Cl)C(C)O)cc1. The van der Waals surface area contributed by atoms with Crippen LogP contribution in [-0.2, 0) is 0 Å². The van der Waals surface area contributed by atoms with E-state index in [0.717, 1.165) is 11.3 Å². The summed E-state index contributed by atoms with van der Waals surface area (Å²) in [6, 6.07) is 7.46. The van der Waals surface area contributed by atoms with E-state index in [4.69, 9.17) is 16.3 Å². The van der Waals surface area contributed by atoms with Crippen molar-refractivity contribution in [3.05, 3.63) is 29.8 Å². The van der Waals surface area contributed by atoms with Crippen molar-refractivity contribution >= 4 is 11.6 Å². The van der Waals surface area contributed by atoms with Gasteiger partial charge >= 0.3 is 0 Å². The first-order valence-corrected chi connectivity index (χ1v) is 5.13. The summed E-state index contributed by atoms with van der Waals surface area (Å²) in [6.45, 7) is 4.27. The topological polar surface area (TPSA) is 29.5 Å². The third-order valence-electron chi connectivity index (χ3n) is 1.93. The summed E-state index contributed by atoms with van der Waals surface area (Å²) in [6.07, 6.45) is -0.547. The van der Waals surface area contributed by atoms with Crippen molar-refractivity contribution < 1.29 is 9.84 Å². The summed E-state index contributed by atoms with van der Waals surface area (Å²) in [4.78, 5) is 0. The molecular formula is C11H15ClO2. The lowest BCUT2D eigenvalue weighted by Crippen LogP contribution is -2.08. The van der Waals surface area contributed by atoms with Gasteiger partial charge in [-0.1, -0.05) is 12.1 Å². The van der Waals surface area contributed by atoms with Crippen LogP contribution < -0.4 is 4.74 Å². The molecule has 2 atom stereocenters. The Morgan fingerprint density at radius 1 is 1.36 bits per heavy atom. The Morgan fingerprint density at radius 2 is 1.93 bits per heavy atom. The van der Waals surface area contributed by atoms with E-state index in [9.17, 15) is 5.11 Å². The molecule has 0 fully saturated rings. The summed E-state index contributed by atoms with van der Waals surface area (Å²) in [5, 5.41) is 8.93. The lowest BCUT2D eigenvalue weighted by atomic mass is 10.1. The number of benzene rings is 1. The molecule has 0 aliphatic heterocycles. The minimum atomic E-state index is -0.547. The zero-order valence-corrected chi connectivity index (χ0v) is 9.16. The molecular weight excluding hydrogens is 200 g/mol. The highest BCUT2D eigenvalue weighted by atomic mass is 35.5. The fourth-order valence-corrected chi connectivity index (χ4v) is 1.34. The van der Waals surface area contributed by atoms with Gasteiger partial charge in [-0.2, -0.15) is 0 Å². The second kappa shape index (κ2) is 5.23. The molecule has 1 rings (SSSR count). The molecule has 0 bridgehead atoms. The molecule has 2 nitrogen and oxygen atoms in total. The van der Waals surface area contributed by atoms with Gasteiger partial charge in [-0.05, 0) is 31.5 Å². The first-order valence-electron chi connectivity index (χ1n) is 4.70. The van der Waals surface area contributed by atoms with Crippen LogP contribution in [0.15, 0.2) is 24.3 Å². The number of alkyl halides is 1. The van der Waals surface area contributed by atoms with Gasteiger partial charge in [0.15, 0.2) is 0 Å². The second-order valence-corrected chi connectivity index (χ2v) is 3.61. The second-order valence-electron chi connectivity index (χ2n) is 3.14. The van der Waals surface area contributed by atoms with Crippen molar-refractivity contribution in [2.24, 2.45) is 0 Å². The smallest absolute Gasteiger partial charge is 0.119 e. The van der Waals surface area contributed by atoms with E-state index in [1.54, 1.807) is 6.92 Å². The highest BCUT2D eigenvalue weighted by Gasteiger charge is 2.13. The molecule has 0 heterocycles. The van der Waals surface area contributed by atoms with Crippen LogP contribution in [0.2, 0.25) is 0 Å². The van der Waals surface area contributed by atoms with Gasteiger partial charge < -0.3 is 9.84 Å². The van der Waals surface area contributed by atoms with Gasteiger partial charge in [-0.25, -0.2) is 0 Å². The van der Waals surface area contributed by atoms with Crippen LogP contribution in [0, 0.1) is 0 Å². The van der Waals surface area contributed by atoms with Crippen molar-refractivity contribution in [3.8, 4) is 5.75 Å². The van der Waals surface area contributed by atoms with Crippen LogP contribution in [-0.4, -0.2) is 17.8 Å². The van der Waals surface area contributed by atoms with Crippen molar-refractivity contribution in [3.63, 3.8) is 0 Å². The van der Waals surface area contributed by atoms with Crippen LogP contribution >= 0.6 is 11.6 Å². The fourth-order valence-electron chi connectivity index (χ4n) is 1.19. The molecule has 0 spiro atoms. The Morgan fingerprint density at radius 3 is 2.36 bits per heavy atom. The van der Waals surface area contributed by atoms with Crippen molar-refractivity contribution in [1.82, 2.24) is 0 Å². The largest absolute Gasteiger partial charge is 0.494 e. The van der Waals surface area contributed by atoms with Gasteiger partial charge in [0, 0.05) is 0 Å². The normalized spacial score (nSPS) is 14.9. The van der Waals surface area contributed by atoms with E-state index < -0.39 is 6.10 Å². The maximum absolute atomic E-state index is 9.28. The molecule has 0 aliphatic carbocycles. The highest BCUT2D eigenvalue weighted by molar-refractivity contribution is 6.21. The summed E-state index contributed by atoms with van der Waals surface area (Å²) in [5.41, 5.74) is 0.908. The van der Waals surface area contributed by atoms with Gasteiger partial charge in [0.05, 0.1) is 18.1 Å². The van der Waals surface area contributed by atoms with Crippen LogP contribution in [0.5, 0.6) is 5.75 Å². The molecule has 1 N–H and O–H groups in total. The molecule has 0 aliphatic rings. The Hall–Kier alpha value is -0.730. The lowest BCUT2D eigenvalue weighted by Gasteiger charge is -2.13. The third kappa shape index (κ3) is 2.89. The number of hydrogen-bond donors (Lipinski definition) is 1. The minimum Gasteiger partial charge on any atom is -0.494 e. The molecule has 0 saturated carbocycles. The molecule has 0 saturated heterocycles. The zero-order valence-electron chi connectivity index (χ0n) is 8.40. The predicted octanol–water partition coefficient (Wildman–Crippen LogP) is 2.75. The molecule has 2 unspecified atom stereocenters. The summed E-state index contributed by atoms with van der Waals surface area (Å²) in [7, 11) is 0. The summed E-state index contributed by atoms with van der Waals surface area (Å²) in [5.74, 6) is 0.825. The minimum absolute atomic E-state index is 0.356. The van der Waals surface area contributed by atoms with E-state index in [1.165, 1.54) is 0 Å². The fraction of sp³-hybridized carbons (Fsp3) is 0.455. The first-order chi connectivity index (χ1) is 6.65. The number of aliphatic hydroxyl groups is 1.